The van der Waals surface area contributed by atoms with Crippen LogP contribution < -0.4 is 43.1 Å². The molecule has 2 aromatic carbocycles. The average Bonchev–Trinajstić information content (AvgIpc) is 2.99. The normalized spacial score (nSPS) is 10.3. The van der Waals surface area contributed by atoms with Crippen molar-refractivity contribution in [3.8, 4) is 12.1 Å². The topological polar surface area (TPSA) is 98.5 Å². The predicted octanol–water partition coefficient (Wildman–Crippen LogP) is -1.80. The first-order valence-corrected chi connectivity index (χ1v) is 12.5. The van der Waals surface area contributed by atoms with Crippen molar-refractivity contribution in [2.24, 2.45) is 10.3 Å². The Bertz CT molecular complexity index is 1360. The van der Waals surface area contributed by atoms with E-state index in [1.165, 1.54) is 0 Å². The lowest BCUT2D eigenvalue weighted by Crippen LogP contribution is -3.00. The Hall–Kier alpha value is -4.38. The number of nitrogens with zero attached hydrogens (tertiary/aromatic N) is 6. The molecule has 4 rings (SSSR count). The molecule has 0 bridgehead atoms. The lowest BCUT2D eigenvalue weighted by Gasteiger charge is -2.00. The van der Waals surface area contributed by atoms with Crippen LogP contribution >= 0.6 is 0 Å². The van der Waals surface area contributed by atoms with Crippen molar-refractivity contribution in [2.45, 2.75) is 32.7 Å². The highest BCUT2D eigenvalue weighted by Crippen LogP contribution is 2.06. The lowest BCUT2D eigenvalue weighted by molar-refractivity contribution is -0.726. The molecule has 0 fully saturated rings. The minimum absolute atomic E-state index is 0. The molecule has 0 saturated heterocycles. The molecule has 0 N–H and O–H groups in total. The first-order valence-electron chi connectivity index (χ1n) is 12.5. The molecular formula is C31H28Br2N6O2. The number of rotatable bonds is 12. The monoisotopic (exact) mass is 674 g/mol. The van der Waals surface area contributed by atoms with E-state index in [0.717, 1.165) is 41.8 Å². The molecule has 41 heavy (non-hydrogen) atoms. The van der Waals surface area contributed by atoms with E-state index in [-0.39, 0.29) is 34.0 Å². The highest BCUT2D eigenvalue weighted by molar-refractivity contribution is 5.78. The van der Waals surface area contributed by atoms with E-state index in [0.29, 0.717) is 24.3 Å². The van der Waals surface area contributed by atoms with Gasteiger partial charge in [-0.15, -0.1) is 0 Å². The van der Waals surface area contributed by atoms with Crippen LogP contribution in [0, 0.1) is 22.7 Å². The Morgan fingerprint density at radius 1 is 0.585 bits per heavy atom. The maximum absolute atomic E-state index is 8.84. The highest BCUT2D eigenvalue weighted by Gasteiger charge is 2.05. The number of hydrogen-bond donors (Lipinski definition) is 0. The van der Waals surface area contributed by atoms with Crippen LogP contribution in [0.15, 0.2) is 108 Å². The molecule has 0 amide bonds. The Morgan fingerprint density at radius 2 is 0.951 bits per heavy atom. The Morgan fingerprint density at radius 3 is 1.29 bits per heavy atom. The smallest absolute Gasteiger partial charge is 0.169 e. The molecule has 0 aliphatic heterocycles. The molecule has 10 heteroatoms. The van der Waals surface area contributed by atoms with Crippen molar-refractivity contribution in [3.05, 3.63) is 131 Å². The van der Waals surface area contributed by atoms with Crippen LogP contribution in [0.1, 0.15) is 39.8 Å². The van der Waals surface area contributed by atoms with E-state index in [4.69, 9.17) is 20.2 Å². The van der Waals surface area contributed by atoms with Gasteiger partial charge in [0, 0.05) is 35.4 Å². The molecule has 0 aliphatic rings. The summed E-state index contributed by atoms with van der Waals surface area (Å²) in [6.07, 6.45) is 12.5. The summed E-state index contributed by atoms with van der Waals surface area (Å²) in [5, 5.41) is 25.8. The number of aryl methyl sites for hydroxylation is 2. The molecule has 2 aromatic heterocycles. The quantitative estimate of drug-likeness (QED) is 0.101. The molecule has 8 nitrogen and oxygen atoms in total. The lowest BCUT2D eigenvalue weighted by atomic mass is 10.2. The largest absolute Gasteiger partial charge is 1.00 e. The van der Waals surface area contributed by atoms with E-state index in [2.05, 4.69) is 31.6 Å². The van der Waals surface area contributed by atoms with Gasteiger partial charge in [0.25, 0.3) is 0 Å². The van der Waals surface area contributed by atoms with E-state index < -0.39 is 0 Å². The van der Waals surface area contributed by atoms with Crippen LogP contribution in [0.5, 0.6) is 0 Å². The fraction of sp³-hybridized carbons (Fsp3) is 0.161. The van der Waals surface area contributed by atoms with Crippen molar-refractivity contribution in [1.82, 2.24) is 0 Å². The summed E-state index contributed by atoms with van der Waals surface area (Å²) in [6.45, 7) is 2.50. The number of halogens is 2. The third-order valence-corrected chi connectivity index (χ3v) is 5.85. The number of nitriles is 2. The second-order valence-corrected chi connectivity index (χ2v) is 8.73. The van der Waals surface area contributed by atoms with Crippen LogP contribution in [0.2, 0.25) is 0 Å². The van der Waals surface area contributed by atoms with Crippen LogP contribution in [-0.4, -0.2) is 12.4 Å². The molecule has 0 saturated carbocycles. The number of pyridine rings is 2. The van der Waals surface area contributed by atoms with Crippen LogP contribution in [0.25, 0.3) is 0 Å². The number of aromatic nitrogens is 2. The summed E-state index contributed by atoms with van der Waals surface area (Å²) in [4.78, 5) is 10.7. The third kappa shape index (κ3) is 11.3. The van der Waals surface area contributed by atoms with Crippen LogP contribution in [0.4, 0.5) is 0 Å². The van der Waals surface area contributed by atoms with E-state index >= 15 is 0 Å². The van der Waals surface area contributed by atoms with Gasteiger partial charge in [-0.25, -0.2) is 9.13 Å². The van der Waals surface area contributed by atoms with Gasteiger partial charge in [0.05, 0.1) is 42.1 Å². The fourth-order valence-electron chi connectivity index (χ4n) is 3.61. The van der Waals surface area contributed by atoms with Gasteiger partial charge in [-0.05, 0) is 35.4 Å². The number of oxime groups is 2. The Balaban J connectivity index is 0.00000294. The maximum atomic E-state index is 8.84. The summed E-state index contributed by atoms with van der Waals surface area (Å²) in [5.74, 6) is 0. The summed E-state index contributed by atoms with van der Waals surface area (Å²) < 4.78 is 4.28. The zero-order valence-electron chi connectivity index (χ0n) is 22.2. The zero-order chi connectivity index (χ0) is 27.1. The van der Waals surface area contributed by atoms with Crippen molar-refractivity contribution in [1.29, 1.82) is 10.5 Å². The summed E-state index contributed by atoms with van der Waals surface area (Å²) in [6, 6.07) is 26.7. The molecular weight excluding hydrogens is 648 g/mol. The molecule has 208 valence electrons. The second-order valence-electron chi connectivity index (χ2n) is 8.73. The highest BCUT2D eigenvalue weighted by atomic mass is 79.9. The minimum Gasteiger partial charge on any atom is -1.00 e. The van der Waals surface area contributed by atoms with Gasteiger partial charge in [-0.3, -0.25) is 0 Å². The summed E-state index contributed by atoms with van der Waals surface area (Å²) in [7, 11) is 0. The zero-order valence-corrected chi connectivity index (χ0v) is 25.4. The van der Waals surface area contributed by atoms with E-state index in [1.807, 2.05) is 73.3 Å². The molecule has 0 atom stereocenters. The van der Waals surface area contributed by atoms with Crippen molar-refractivity contribution < 1.29 is 52.8 Å². The molecule has 0 spiro atoms. The van der Waals surface area contributed by atoms with Gasteiger partial charge in [-0.1, -0.05) is 34.6 Å². The van der Waals surface area contributed by atoms with Crippen molar-refractivity contribution in [3.63, 3.8) is 0 Å². The second kappa shape index (κ2) is 18.1. The van der Waals surface area contributed by atoms with E-state index in [9.17, 15) is 0 Å². The van der Waals surface area contributed by atoms with Gasteiger partial charge in [-0.2, -0.15) is 10.5 Å². The first kappa shape index (κ1) is 32.8. The Labute approximate surface area is 260 Å². The van der Waals surface area contributed by atoms with Crippen molar-refractivity contribution in [2.75, 3.05) is 0 Å². The van der Waals surface area contributed by atoms with Crippen molar-refractivity contribution >= 4 is 12.4 Å². The molecule has 4 aromatic rings. The molecule has 0 unspecified atom stereocenters. The van der Waals surface area contributed by atoms with Gasteiger partial charge in [0.2, 0.25) is 0 Å². The maximum Gasteiger partial charge on any atom is 0.169 e. The fourth-order valence-corrected chi connectivity index (χ4v) is 3.61. The van der Waals surface area contributed by atoms with Gasteiger partial charge in [0.1, 0.15) is 13.2 Å². The minimum atomic E-state index is 0. The standard InChI is InChI=1S/C31H28N6O2.2BrH/c32-20-26-2-6-30(7-3-26)24-38-34-22-28-10-16-36(17-11-28)14-1-15-37-18-12-29(13-19-37)23-35-39-25-31-8-4-27(21-33)5-9-31;;/h2-13,16-19,22-23H,1,14-15,24-25H2;2*1H/q+2;;/p-2/b34-22+,35-23+;;. The SMILES string of the molecule is N#Cc1ccc(CO/N=C/c2cc[n+](CCC[n+]3ccc(/C=N/OCc4ccc(C#N)cc4)cc3)cc2)cc1.[Br-].[Br-]. The summed E-state index contributed by atoms with van der Waals surface area (Å²) >= 11 is 0. The molecule has 2 heterocycles. The third-order valence-electron chi connectivity index (χ3n) is 5.85. The van der Waals surface area contributed by atoms with Gasteiger partial charge in [0.15, 0.2) is 37.9 Å². The molecule has 0 radical (unpaired) electrons. The number of hydrogen-bond acceptors (Lipinski definition) is 6. The predicted molar refractivity (Wildman–Crippen MR) is 145 cm³/mol. The Kier molecular flexibility index (Phi) is 14.5. The van der Waals surface area contributed by atoms with Crippen LogP contribution in [0.3, 0.4) is 0 Å². The van der Waals surface area contributed by atoms with E-state index in [1.54, 1.807) is 36.7 Å². The van der Waals surface area contributed by atoms with Gasteiger partial charge >= 0.3 is 0 Å². The van der Waals surface area contributed by atoms with Crippen LogP contribution in [-0.2, 0) is 36.0 Å². The summed E-state index contributed by atoms with van der Waals surface area (Å²) in [5.41, 5.74) is 5.09. The first-order chi connectivity index (χ1) is 19.2. The molecule has 0 aliphatic carbocycles. The average molecular weight is 676 g/mol. The number of benzene rings is 2. The van der Waals surface area contributed by atoms with Gasteiger partial charge < -0.3 is 43.6 Å².